The molecule has 0 radical (unpaired) electrons. The number of carbonyl (C=O) groups excluding carboxylic acids is 1. The van der Waals surface area contributed by atoms with Crippen molar-refractivity contribution in [2.24, 2.45) is 5.10 Å². The Kier molecular flexibility index (Phi) is 5.50. The van der Waals surface area contributed by atoms with Crippen LogP contribution in [0.2, 0.25) is 0 Å². The van der Waals surface area contributed by atoms with Crippen LogP contribution in [0.4, 0.5) is 0 Å². The van der Waals surface area contributed by atoms with E-state index in [4.69, 9.17) is 11.6 Å². The van der Waals surface area contributed by atoms with E-state index in [-0.39, 0.29) is 5.91 Å². The van der Waals surface area contributed by atoms with E-state index in [1.807, 2.05) is 42.5 Å². The summed E-state index contributed by atoms with van der Waals surface area (Å²) in [4.78, 5) is 12.7. The van der Waals surface area contributed by atoms with Crippen molar-refractivity contribution in [1.82, 2.24) is 5.43 Å². The first-order chi connectivity index (χ1) is 14.0. The zero-order chi connectivity index (χ0) is 20.4. The first-order valence-corrected chi connectivity index (χ1v) is 10.2. The Morgan fingerprint density at radius 3 is 2.66 bits per heavy atom. The molecule has 146 valence electrons. The highest BCUT2D eigenvalue weighted by atomic mass is 35.5. The van der Waals surface area contributed by atoms with E-state index in [9.17, 15) is 4.79 Å². The Bertz CT molecular complexity index is 1160. The number of fused-ring (bicyclic) bond motifs is 2. The fraction of sp³-hybridized carbons (Fsp3) is 0.200. The van der Waals surface area contributed by atoms with Gasteiger partial charge in [0.15, 0.2) is 0 Å². The minimum Gasteiger partial charge on any atom is -0.267 e. The first kappa shape index (κ1) is 19.4. The Labute approximate surface area is 176 Å². The molecule has 0 spiro atoms. The molecule has 0 saturated carbocycles. The molecule has 0 bridgehead atoms. The number of benzene rings is 3. The minimum atomic E-state index is -0.227. The van der Waals surface area contributed by atoms with Crippen molar-refractivity contribution in [2.45, 2.75) is 33.1 Å². The van der Waals surface area contributed by atoms with Gasteiger partial charge in [-0.2, -0.15) is 5.10 Å². The maximum absolute atomic E-state index is 12.7. The van der Waals surface area contributed by atoms with Gasteiger partial charge in [-0.15, -0.1) is 0 Å². The number of nitrogens with one attached hydrogen (secondary N) is 1. The fourth-order valence-electron chi connectivity index (χ4n) is 3.81. The Balaban J connectivity index is 1.58. The molecule has 1 amide bonds. The molecule has 1 aliphatic rings. The van der Waals surface area contributed by atoms with Crippen LogP contribution in [0.15, 0.2) is 65.3 Å². The van der Waals surface area contributed by atoms with Crippen molar-refractivity contribution in [3.05, 3.63) is 88.0 Å². The molecule has 0 fully saturated rings. The molecule has 4 heteroatoms. The summed E-state index contributed by atoms with van der Waals surface area (Å²) in [5.41, 5.74) is 9.09. The number of allylic oxidation sites excluding steroid dienone is 1. The molecule has 1 aliphatic carbocycles. The molecule has 4 rings (SSSR count). The molecule has 3 nitrogen and oxygen atoms in total. The number of halogens is 1. The third-order valence-corrected chi connectivity index (χ3v) is 6.00. The average Bonchev–Trinajstić information content (AvgIpc) is 2.87. The summed E-state index contributed by atoms with van der Waals surface area (Å²) in [6.45, 7) is 4.23. The fourth-order valence-corrected chi connectivity index (χ4v) is 4.13. The van der Waals surface area contributed by atoms with E-state index in [0.29, 0.717) is 5.56 Å². The standard InChI is InChI=1S/C25H23ClN2O/c1-16-13-19-9-5-10-20(24(26)23(19)14-17(16)2)15-27-28-25(29)22-12-6-8-18-7-3-4-11-21(18)22/h3-4,6-8,11-15H,5,9-10H2,1-2H3,(H,28,29)/b27-15+. The minimum absolute atomic E-state index is 0.227. The molecule has 0 atom stereocenters. The predicted molar refractivity (Wildman–Crippen MR) is 122 cm³/mol. The molecule has 0 aliphatic heterocycles. The zero-order valence-corrected chi connectivity index (χ0v) is 17.4. The molecular weight excluding hydrogens is 380 g/mol. The molecule has 0 heterocycles. The molecule has 3 aromatic carbocycles. The molecule has 0 saturated heterocycles. The number of hydrazone groups is 1. The van der Waals surface area contributed by atoms with Crippen molar-refractivity contribution >= 4 is 39.5 Å². The lowest BCUT2D eigenvalue weighted by Gasteiger charge is -2.10. The Hall–Kier alpha value is -2.91. The van der Waals surface area contributed by atoms with E-state index in [0.717, 1.165) is 46.2 Å². The number of nitrogens with zero attached hydrogens (tertiary/aromatic N) is 1. The summed E-state index contributed by atoms with van der Waals surface area (Å²) < 4.78 is 0. The van der Waals surface area contributed by atoms with Crippen LogP contribution in [0.3, 0.4) is 0 Å². The summed E-state index contributed by atoms with van der Waals surface area (Å²) in [6, 6.07) is 17.9. The third kappa shape index (κ3) is 3.96. The average molecular weight is 403 g/mol. The highest BCUT2D eigenvalue weighted by molar-refractivity contribution is 6.50. The van der Waals surface area contributed by atoms with E-state index in [2.05, 4.69) is 36.5 Å². The lowest BCUT2D eigenvalue weighted by Crippen LogP contribution is -2.18. The van der Waals surface area contributed by atoms with Crippen molar-refractivity contribution in [2.75, 3.05) is 0 Å². The van der Waals surface area contributed by atoms with Gasteiger partial charge in [0.05, 0.1) is 11.2 Å². The number of hydrogen-bond donors (Lipinski definition) is 1. The number of carbonyl (C=O) groups is 1. The highest BCUT2D eigenvalue weighted by Crippen LogP contribution is 2.34. The second kappa shape index (κ2) is 8.22. The summed E-state index contributed by atoms with van der Waals surface area (Å²) in [5.74, 6) is -0.227. The molecule has 0 unspecified atom stereocenters. The van der Waals surface area contributed by atoms with Crippen LogP contribution in [-0.2, 0) is 6.42 Å². The molecular formula is C25H23ClN2O. The summed E-state index contributed by atoms with van der Waals surface area (Å²) in [6.07, 6.45) is 4.52. The van der Waals surface area contributed by atoms with Crippen LogP contribution in [0.25, 0.3) is 15.8 Å². The van der Waals surface area contributed by atoms with E-state index >= 15 is 0 Å². The van der Waals surface area contributed by atoms with Crippen molar-refractivity contribution in [1.29, 1.82) is 0 Å². The van der Waals surface area contributed by atoms with Gasteiger partial charge in [-0.25, -0.2) is 5.43 Å². The summed E-state index contributed by atoms with van der Waals surface area (Å²) >= 11 is 6.73. The van der Waals surface area contributed by atoms with Gasteiger partial charge in [-0.05, 0) is 83.8 Å². The first-order valence-electron chi connectivity index (χ1n) is 9.85. The highest BCUT2D eigenvalue weighted by Gasteiger charge is 2.16. The lowest BCUT2D eigenvalue weighted by atomic mass is 9.98. The van der Waals surface area contributed by atoms with Crippen LogP contribution < -0.4 is 5.43 Å². The number of hydrogen-bond acceptors (Lipinski definition) is 2. The van der Waals surface area contributed by atoms with Crippen molar-refractivity contribution in [3.63, 3.8) is 0 Å². The van der Waals surface area contributed by atoms with Crippen LogP contribution in [0.5, 0.6) is 0 Å². The second-order valence-corrected chi connectivity index (χ2v) is 7.89. The molecule has 1 N–H and O–H groups in total. The van der Waals surface area contributed by atoms with Gasteiger partial charge < -0.3 is 0 Å². The second-order valence-electron chi connectivity index (χ2n) is 7.51. The van der Waals surface area contributed by atoms with Crippen molar-refractivity contribution < 1.29 is 4.79 Å². The summed E-state index contributed by atoms with van der Waals surface area (Å²) in [5, 5.41) is 6.88. The summed E-state index contributed by atoms with van der Waals surface area (Å²) in [7, 11) is 0. The van der Waals surface area contributed by atoms with Crippen molar-refractivity contribution in [3.8, 4) is 0 Å². The van der Waals surface area contributed by atoms with Crippen LogP contribution in [-0.4, -0.2) is 12.1 Å². The zero-order valence-electron chi connectivity index (χ0n) is 16.6. The normalized spacial score (nSPS) is 14.2. The lowest BCUT2D eigenvalue weighted by molar-refractivity contribution is 0.0957. The van der Waals surface area contributed by atoms with Gasteiger partial charge in [-0.1, -0.05) is 54.1 Å². The maximum atomic E-state index is 12.7. The quantitative estimate of drug-likeness (QED) is 0.413. The van der Waals surface area contributed by atoms with Gasteiger partial charge in [0.2, 0.25) is 0 Å². The molecule has 29 heavy (non-hydrogen) atoms. The van der Waals surface area contributed by atoms with Gasteiger partial charge in [0.1, 0.15) is 0 Å². The topological polar surface area (TPSA) is 41.5 Å². The maximum Gasteiger partial charge on any atom is 0.271 e. The van der Waals surface area contributed by atoms with E-state index < -0.39 is 0 Å². The number of rotatable bonds is 3. The monoisotopic (exact) mass is 402 g/mol. The Morgan fingerprint density at radius 1 is 1.03 bits per heavy atom. The largest absolute Gasteiger partial charge is 0.271 e. The van der Waals surface area contributed by atoms with Gasteiger partial charge >= 0.3 is 0 Å². The Morgan fingerprint density at radius 2 is 1.79 bits per heavy atom. The van der Waals surface area contributed by atoms with Gasteiger partial charge in [-0.3, -0.25) is 4.79 Å². The molecule has 0 aromatic heterocycles. The van der Waals surface area contributed by atoms with E-state index in [1.165, 1.54) is 16.7 Å². The number of aryl methyl sites for hydroxylation is 3. The van der Waals surface area contributed by atoms with Gasteiger partial charge in [0, 0.05) is 5.56 Å². The van der Waals surface area contributed by atoms with Gasteiger partial charge in [0.25, 0.3) is 5.91 Å². The van der Waals surface area contributed by atoms with Crippen LogP contribution in [0, 0.1) is 13.8 Å². The third-order valence-electron chi connectivity index (χ3n) is 5.55. The molecule has 3 aromatic rings. The van der Waals surface area contributed by atoms with E-state index in [1.54, 1.807) is 6.21 Å². The number of amides is 1. The van der Waals surface area contributed by atoms with Crippen LogP contribution >= 0.6 is 11.6 Å². The smallest absolute Gasteiger partial charge is 0.267 e. The van der Waals surface area contributed by atoms with Crippen LogP contribution in [0.1, 0.15) is 45.5 Å². The SMILES string of the molecule is Cc1cc2c(cc1C)C(Cl)=C(/C=N/NC(=O)c1cccc3ccccc13)CCC2. The predicted octanol–water partition coefficient (Wildman–Crippen LogP) is 6.16.